The van der Waals surface area contributed by atoms with Crippen LogP contribution in [0, 0.1) is 0 Å². The molecule has 4 unspecified atom stereocenters. The Balaban J connectivity index is 2.01. The standard InChI is InChI=1S/C15H30N2O/c1-4-16-14-8-6-5-7-9-15(14)17-10-12(2)18-13(3)11-17/h12-16H,4-11H2,1-3H3. The first-order valence-electron chi connectivity index (χ1n) is 7.83. The minimum atomic E-state index is 0.388. The summed E-state index contributed by atoms with van der Waals surface area (Å²) in [4.78, 5) is 2.69. The molecule has 0 amide bonds. The van der Waals surface area contributed by atoms with E-state index < -0.39 is 0 Å². The van der Waals surface area contributed by atoms with E-state index in [9.17, 15) is 0 Å². The molecule has 0 bridgehead atoms. The van der Waals surface area contributed by atoms with Crippen molar-refractivity contribution in [3.8, 4) is 0 Å². The van der Waals surface area contributed by atoms with E-state index in [0.717, 1.165) is 25.7 Å². The average molecular weight is 254 g/mol. The van der Waals surface area contributed by atoms with Gasteiger partial charge in [-0.05, 0) is 33.2 Å². The van der Waals surface area contributed by atoms with Gasteiger partial charge in [0, 0.05) is 25.2 Å². The molecule has 0 aromatic carbocycles. The maximum absolute atomic E-state index is 5.87. The zero-order valence-corrected chi connectivity index (χ0v) is 12.3. The molecule has 1 saturated carbocycles. The number of nitrogens with one attached hydrogen (secondary N) is 1. The van der Waals surface area contributed by atoms with Gasteiger partial charge in [-0.2, -0.15) is 0 Å². The maximum atomic E-state index is 5.87. The monoisotopic (exact) mass is 254 g/mol. The van der Waals surface area contributed by atoms with Crippen molar-refractivity contribution in [1.82, 2.24) is 10.2 Å². The van der Waals surface area contributed by atoms with E-state index in [2.05, 4.69) is 31.0 Å². The Labute approximate surface area is 112 Å². The number of rotatable bonds is 3. The summed E-state index contributed by atoms with van der Waals surface area (Å²) in [6, 6.07) is 1.41. The molecule has 0 radical (unpaired) electrons. The Kier molecular flexibility index (Phi) is 5.46. The smallest absolute Gasteiger partial charge is 0.0678 e. The fraction of sp³-hybridized carbons (Fsp3) is 1.00. The molecule has 3 nitrogen and oxygen atoms in total. The summed E-state index contributed by atoms with van der Waals surface area (Å²) in [7, 11) is 0. The predicted octanol–water partition coefficient (Wildman–Crippen LogP) is 2.41. The molecular formula is C15H30N2O. The van der Waals surface area contributed by atoms with Gasteiger partial charge in [-0.15, -0.1) is 0 Å². The number of hydrogen-bond acceptors (Lipinski definition) is 3. The molecular weight excluding hydrogens is 224 g/mol. The van der Waals surface area contributed by atoms with Crippen molar-refractivity contribution in [2.45, 2.75) is 77.2 Å². The first kappa shape index (κ1) is 14.3. The van der Waals surface area contributed by atoms with E-state index >= 15 is 0 Å². The van der Waals surface area contributed by atoms with Crippen molar-refractivity contribution < 1.29 is 4.74 Å². The molecule has 1 aliphatic carbocycles. The fourth-order valence-corrected chi connectivity index (χ4v) is 3.71. The Morgan fingerprint density at radius 1 is 1.06 bits per heavy atom. The van der Waals surface area contributed by atoms with Crippen LogP contribution in [0.25, 0.3) is 0 Å². The summed E-state index contributed by atoms with van der Waals surface area (Å²) < 4.78 is 5.87. The van der Waals surface area contributed by atoms with Gasteiger partial charge in [0.25, 0.3) is 0 Å². The van der Waals surface area contributed by atoms with Crippen LogP contribution >= 0.6 is 0 Å². The van der Waals surface area contributed by atoms with Crippen LogP contribution in [0.3, 0.4) is 0 Å². The highest BCUT2D eigenvalue weighted by molar-refractivity contribution is 4.89. The minimum absolute atomic E-state index is 0.388. The maximum Gasteiger partial charge on any atom is 0.0678 e. The molecule has 2 aliphatic rings. The molecule has 1 saturated heterocycles. The Morgan fingerprint density at radius 3 is 2.39 bits per heavy atom. The van der Waals surface area contributed by atoms with Crippen LogP contribution in [-0.4, -0.2) is 48.8 Å². The lowest BCUT2D eigenvalue weighted by Crippen LogP contribution is -2.56. The van der Waals surface area contributed by atoms with E-state index in [4.69, 9.17) is 4.74 Å². The van der Waals surface area contributed by atoms with Crippen LogP contribution < -0.4 is 5.32 Å². The summed E-state index contributed by atoms with van der Waals surface area (Å²) in [5.74, 6) is 0. The van der Waals surface area contributed by atoms with Crippen LogP contribution in [0.5, 0.6) is 0 Å². The van der Waals surface area contributed by atoms with Crippen LogP contribution in [0.15, 0.2) is 0 Å². The van der Waals surface area contributed by atoms with Crippen molar-refractivity contribution in [3.05, 3.63) is 0 Å². The molecule has 106 valence electrons. The highest BCUT2D eigenvalue weighted by atomic mass is 16.5. The first-order chi connectivity index (χ1) is 8.70. The summed E-state index contributed by atoms with van der Waals surface area (Å²) in [6.45, 7) is 9.96. The highest BCUT2D eigenvalue weighted by Crippen LogP contribution is 2.25. The molecule has 3 heteroatoms. The number of ether oxygens (including phenoxy) is 1. The molecule has 0 aromatic rings. The van der Waals surface area contributed by atoms with Gasteiger partial charge < -0.3 is 10.1 Å². The predicted molar refractivity (Wildman–Crippen MR) is 75.9 cm³/mol. The quantitative estimate of drug-likeness (QED) is 0.783. The van der Waals surface area contributed by atoms with Crippen LogP contribution in [0.2, 0.25) is 0 Å². The van der Waals surface area contributed by atoms with Gasteiger partial charge in [-0.25, -0.2) is 0 Å². The summed E-state index contributed by atoms with van der Waals surface area (Å²) >= 11 is 0. The van der Waals surface area contributed by atoms with Crippen molar-refractivity contribution >= 4 is 0 Å². The van der Waals surface area contributed by atoms with E-state index in [-0.39, 0.29) is 0 Å². The molecule has 0 aromatic heterocycles. The number of nitrogens with zero attached hydrogens (tertiary/aromatic N) is 1. The zero-order chi connectivity index (χ0) is 13.0. The highest BCUT2D eigenvalue weighted by Gasteiger charge is 2.32. The van der Waals surface area contributed by atoms with E-state index in [1.165, 1.54) is 32.1 Å². The zero-order valence-electron chi connectivity index (χ0n) is 12.3. The van der Waals surface area contributed by atoms with Gasteiger partial charge in [0.2, 0.25) is 0 Å². The lowest BCUT2D eigenvalue weighted by molar-refractivity contribution is -0.0849. The van der Waals surface area contributed by atoms with Gasteiger partial charge in [0.1, 0.15) is 0 Å². The van der Waals surface area contributed by atoms with Gasteiger partial charge in [0.15, 0.2) is 0 Å². The molecule has 2 fully saturated rings. The Morgan fingerprint density at radius 2 is 1.72 bits per heavy atom. The van der Waals surface area contributed by atoms with Crippen molar-refractivity contribution in [2.75, 3.05) is 19.6 Å². The Hall–Kier alpha value is -0.120. The number of morpholine rings is 1. The van der Waals surface area contributed by atoms with Crippen molar-refractivity contribution in [1.29, 1.82) is 0 Å². The van der Waals surface area contributed by atoms with Gasteiger partial charge in [-0.3, -0.25) is 4.90 Å². The molecule has 1 N–H and O–H groups in total. The second-order valence-electron chi connectivity index (χ2n) is 6.08. The second-order valence-corrected chi connectivity index (χ2v) is 6.08. The third-order valence-corrected chi connectivity index (χ3v) is 4.36. The average Bonchev–Trinajstić information content (AvgIpc) is 2.54. The third kappa shape index (κ3) is 3.69. The summed E-state index contributed by atoms with van der Waals surface area (Å²) in [5.41, 5.74) is 0. The third-order valence-electron chi connectivity index (χ3n) is 4.36. The first-order valence-corrected chi connectivity index (χ1v) is 7.83. The van der Waals surface area contributed by atoms with Gasteiger partial charge in [-0.1, -0.05) is 26.2 Å². The van der Waals surface area contributed by atoms with Crippen LogP contribution in [-0.2, 0) is 4.74 Å². The molecule has 1 aliphatic heterocycles. The van der Waals surface area contributed by atoms with Gasteiger partial charge in [0.05, 0.1) is 12.2 Å². The molecule has 1 heterocycles. The SMILES string of the molecule is CCNC1CCCCCC1N1CC(C)OC(C)C1. The largest absolute Gasteiger partial charge is 0.373 e. The molecule has 4 atom stereocenters. The van der Waals surface area contributed by atoms with E-state index in [0.29, 0.717) is 18.2 Å². The lowest BCUT2D eigenvalue weighted by Gasteiger charge is -2.43. The fourth-order valence-electron chi connectivity index (χ4n) is 3.71. The summed E-state index contributed by atoms with van der Waals surface area (Å²) in [6.07, 6.45) is 7.68. The van der Waals surface area contributed by atoms with Crippen LogP contribution in [0.1, 0.15) is 52.9 Å². The Bertz CT molecular complexity index is 237. The van der Waals surface area contributed by atoms with Crippen LogP contribution in [0.4, 0.5) is 0 Å². The number of hydrogen-bond donors (Lipinski definition) is 1. The van der Waals surface area contributed by atoms with Crippen molar-refractivity contribution in [3.63, 3.8) is 0 Å². The molecule has 2 rings (SSSR count). The number of likely N-dealkylation sites (N-methyl/N-ethyl adjacent to an activating group) is 1. The second kappa shape index (κ2) is 6.88. The van der Waals surface area contributed by atoms with Crippen molar-refractivity contribution in [2.24, 2.45) is 0 Å². The van der Waals surface area contributed by atoms with E-state index in [1.807, 2.05) is 0 Å². The normalized spacial score (nSPS) is 39.5. The minimum Gasteiger partial charge on any atom is -0.373 e. The molecule has 0 spiro atoms. The summed E-state index contributed by atoms with van der Waals surface area (Å²) in [5, 5.41) is 3.72. The topological polar surface area (TPSA) is 24.5 Å². The lowest BCUT2D eigenvalue weighted by atomic mass is 9.99. The van der Waals surface area contributed by atoms with E-state index in [1.54, 1.807) is 0 Å². The molecule has 18 heavy (non-hydrogen) atoms. The van der Waals surface area contributed by atoms with Gasteiger partial charge >= 0.3 is 0 Å².